The zero-order valence-electron chi connectivity index (χ0n) is 22.0. The molecule has 0 spiro atoms. The summed E-state index contributed by atoms with van der Waals surface area (Å²) >= 11 is 0. The third kappa shape index (κ3) is 4.28. The average molecular weight is 514 g/mol. The smallest absolute Gasteiger partial charge is 0.300 e. The second-order valence-corrected chi connectivity index (χ2v) is 9.65. The zero-order chi connectivity index (χ0) is 27.0. The number of hydrogen-bond acceptors (Lipinski definition) is 6. The molecule has 38 heavy (non-hydrogen) atoms. The summed E-state index contributed by atoms with van der Waals surface area (Å²) in [6, 6.07) is 15.6. The van der Waals surface area contributed by atoms with E-state index in [2.05, 4.69) is 0 Å². The number of nitrogens with zero attached hydrogens (tertiary/aromatic N) is 1. The number of methoxy groups -OCH3 is 3. The predicted octanol–water partition coefficient (Wildman–Crippen LogP) is 5.53. The molecule has 3 aromatic rings. The second kappa shape index (κ2) is 10.2. The normalized spacial score (nSPS) is 18.3. The molecule has 0 aromatic heterocycles. The Bertz CT molecular complexity index is 1410. The number of aliphatic hydroxyl groups is 1. The van der Waals surface area contributed by atoms with Crippen LogP contribution in [0.25, 0.3) is 5.76 Å². The van der Waals surface area contributed by atoms with Gasteiger partial charge < -0.3 is 19.3 Å². The van der Waals surface area contributed by atoms with Crippen LogP contribution in [-0.4, -0.2) is 38.1 Å². The summed E-state index contributed by atoms with van der Waals surface area (Å²) in [6.45, 7) is 1.95. The largest absolute Gasteiger partial charge is 0.507 e. The van der Waals surface area contributed by atoms with Crippen LogP contribution in [0.1, 0.15) is 46.7 Å². The number of fused-ring (bicyclic) bond motifs is 1. The number of benzene rings is 3. The molecule has 1 amide bonds. The molecule has 1 aliphatic heterocycles. The molecule has 2 aliphatic rings. The van der Waals surface area contributed by atoms with Crippen molar-refractivity contribution in [1.82, 2.24) is 0 Å². The van der Waals surface area contributed by atoms with E-state index in [0.717, 1.165) is 36.8 Å². The van der Waals surface area contributed by atoms with E-state index in [0.29, 0.717) is 34.1 Å². The highest BCUT2D eigenvalue weighted by Crippen LogP contribution is 2.47. The minimum Gasteiger partial charge on any atom is -0.507 e. The van der Waals surface area contributed by atoms with Gasteiger partial charge in [-0.3, -0.25) is 14.5 Å². The Morgan fingerprint density at radius 1 is 0.842 bits per heavy atom. The lowest BCUT2D eigenvalue weighted by Crippen LogP contribution is -2.29. The van der Waals surface area contributed by atoms with Crippen molar-refractivity contribution in [3.8, 4) is 17.2 Å². The van der Waals surface area contributed by atoms with Crippen molar-refractivity contribution < 1.29 is 28.9 Å². The molecule has 5 rings (SSSR count). The molecule has 7 heteroatoms. The zero-order valence-corrected chi connectivity index (χ0v) is 22.0. The third-order valence-corrected chi connectivity index (χ3v) is 7.38. The molecule has 1 heterocycles. The Hall–Kier alpha value is -4.26. The number of aryl methyl sites for hydroxylation is 3. The molecule has 0 radical (unpaired) electrons. The van der Waals surface area contributed by atoms with Crippen LogP contribution in [0, 0.1) is 6.92 Å². The SMILES string of the molecule is COc1cc(C2/C(=C(\O)c3ccc4c(c3)CCCC4)C(=O)C(=O)N2c2ccc(C)cc2)cc(OC)c1OC. The van der Waals surface area contributed by atoms with Gasteiger partial charge in [-0.15, -0.1) is 0 Å². The molecule has 7 nitrogen and oxygen atoms in total. The highest BCUT2D eigenvalue weighted by atomic mass is 16.5. The summed E-state index contributed by atoms with van der Waals surface area (Å²) in [6.07, 6.45) is 4.14. The van der Waals surface area contributed by atoms with Crippen molar-refractivity contribution in [1.29, 1.82) is 0 Å². The van der Waals surface area contributed by atoms with Crippen LogP contribution in [0.15, 0.2) is 60.2 Å². The lowest BCUT2D eigenvalue weighted by Gasteiger charge is -2.27. The van der Waals surface area contributed by atoms with Gasteiger partial charge in [0.1, 0.15) is 5.76 Å². The van der Waals surface area contributed by atoms with E-state index in [1.54, 1.807) is 24.3 Å². The second-order valence-electron chi connectivity index (χ2n) is 9.65. The van der Waals surface area contributed by atoms with Gasteiger partial charge in [0.2, 0.25) is 5.75 Å². The predicted molar refractivity (Wildman–Crippen MR) is 145 cm³/mol. The molecule has 1 N–H and O–H groups in total. The summed E-state index contributed by atoms with van der Waals surface area (Å²) in [5, 5.41) is 11.6. The molecule has 1 atom stereocenters. The Kier molecular flexibility index (Phi) is 6.85. The minimum absolute atomic E-state index is 0.0145. The van der Waals surface area contributed by atoms with Gasteiger partial charge >= 0.3 is 0 Å². The number of hydrogen-bond donors (Lipinski definition) is 1. The molecular weight excluding hydrogens is 482 g/mol. The fourth-order valence-corrected chi connectivity index (χ4v) is 5.42. The van der Waals surface area contributed by atoms with Gasteiger partial charge in [-0.05, 0) is 79.6 Å². The van der Waals surface area contributed by atoms with Gasteiger partial charge in [-0.1, -0.05) is 29.8 Å². The van der Waals surface area contributed by atoms with Gasteiger partial charge in [-0.25, -0.2) is 0 Å². The average Bonchev–Trinajstić information content (AvgIpc) is 3.21. The maximum absolute atomic E-state index is 13.6. The van der Waals surface area contributed by atoms with E-state index >= 15 is 0 Å². The number of amides is 1. The number of Topliss-reactive ketones (excluding diaryl/α,β-unsaturated/α-hetero) is 1. The van der Waals surface area contributed by atoms with Gasteiger partial charge in [0.05, 0.1) is 32.9 Å². The van der Waals surface area contributed by atoms with Crippen LogP contribution in [0.4, 0.5) is 5.69 Å². The van der Waals surface area contributed by atoms with Gasteiger partial charge in [-0.2, -0.15) is 0 Å². The fourth-order valence-electron chi connectivity index (χ4n) is 5.42. The molecular formula is C31H31NO6. The Labute approximate surface area is 222 Å². The van der Waals surface area contributed by atoms with Gasteiger partial charge in [0.15, 0.2) is 11.5 Å². The first-order chi connectivity index (χ1) is 18.4. The first-order valence-electron chi connectivity index (χ1n) is 12.7. The van der Waals surface area contributed by atoms with Crippen LogP contribution < -0.4 is 19.1 Å². The van der Waals surface area contributed by atoms with Gasteiger partial charge in [0.25, 0.3) is 11.7 Å². The van der Waals surface area contributed by atoms with E-state index in [1.807, 2.05) is 37.3 Å². The van der Waals surface area contributed by atoms with Crippen molar-refractivity contribution in [2.75, 3.05) is 26.2 Å². The van der Waals surface area contributed by atoms with Crippen molar-refractivity contribution >= 4 is 23.1 Å². The molecule has 0 saturated carbocycles. The first kappa shape index (κ1) is 25.4. The van der Waals surface area contributed by atoms with Crippen molar-refractivity contribution in [3.05, 3.63) is 88.0 Å². The summed E-state index contributed by atoms with van der Waals surface area (Å²) in [7, 11) is 4.52. The topological polar surface area (TPSA) is 85.3 Å². The van der Waals surface area contributed by atoms with E-state index in [4.69, 9.17) is 14.2 Å². The number of carbonyl (C=O) groups excluding carboxylic acids is 2. The van der Waals surface area contributed by atoms with Crippen LogP contribution in [0.5, 0.6) is 17.2 Å². The summed E-state index contributed by atoms with van der Waals surface area (Å²) in [5.74, 6) is -0.521. The molecule has 1 saturated heterocycles. The Morgan fingerprint density at radius 3 is 2.08 bits per heavy atom. The monoisotopic (exact) mass is 513 g/mol. The summed E-state index contributed by atoms with van der Waals surface area (Å²) < 4.78 is 16.6. The van der Waals surface area contributed by atoms with Crippen LogP contribution >= 0.6 is 0 Å². The molecule has 1 unspecified atom stereocenters. The number of anilines is 1. The highest BCUT2D eigenvalue weighted by molar-refractivity contribution is 6.51. The summed E-state index contributed by atoms with van der Waals surface area (Å²) in [4.78, 5) is 28.5. The van der Waals surface area contributed by atoms with Crippen molar-refractivity contribution in [2.24, 2.45) is 0 Å². The minimum atomic E-state index is -0.914. The number of rotatable bonds is 6. The lowest BCUT2D eigenvalue weighted by atomic mass is 9.88. The number of carbonyl (C=O) groups is 2. The van der Waals surface area contributed by atoms with Crippen molar-refractivity contribution in [2.45, 2.75) is 38.6 Å². The lowest BCUT2D eigenvalue weighted by molar-refractivity contribution is -0.132. The fraction of sp³-hybridized carbons (Fsp3) is 0.290. The molecule has 1 fully saturated rings. The Morgan fingerprint density at radius 2 is 1.47 bits per heavy atom. The van der Waals surface area contributed by atoms with Crippen LogP contribution in [-0.2, 0) is 22.4 Å². The molecule has 0 bridgehead atoms. The number of ketones is 1. The molecule has 1 aliphatic carbocycles. The standard InChI is InChI=1S/C31H31NO6/c1-18-9-13-23(14-10-18)32-27(22-16-24(36-2)30(38-4)25(17-22)37-3)26(29(34)31(32)35)28(33)21-12-11-19-7-5-6-8-20(19)15-21/h9-17,27,33H,5-8H2,1-4H3/b28-26+. The van der Waals surface area contributed by atoms with Crippen molar-refractivity contribution in [3.63, 3.8) is 0 Å². The van der Waals surface area contributed by atoms with Crippen LogP contribution in [0.3, 0.4) is 0 Å². The molecule has 3 aromatic carbocycles. The number of ether oxygens (including phenoxy) is 3. The van der Waals surface area contributed by atoms with Gasteiger partial charge in [0, 0.05) is 11.3 Å². The van der Waals surface area contributed by atoms with Crippen LogP contribution in [0.2, 0.25) is 0 Å². The maximum Gasteiger partial charge on any atom is 0.300 e. The third-order valence-electron chi connectivity index (χ3n) is 7.38. The number of aliphatic hydroxyl groups excluding tert-OH is 1. The van der Waals surface area contributed by atoms with E-state index in [-0.39, 0.29) is 11.3 Å². The maximum atomic E-state index is 13.6. The Balaban J connectivity index is 1.74. The van der Waals surface area contributed by atoms with E-state index in [9.17, 15) is 14.7 Å². The quantitative estimate of drug-likeness (QED) is 0.265. The summed E-state index contributed by atoms with van der Waals surface area (Å²) in [5.41, 5.74) is 5.06. The molecule has 196 valence electrons. The highest BCUT2D eigenvalue weighted by Gasteiger charge is 2.47. The first-order valence-corrected chi connectivity index (χ1v) is 12.7. The van der Waals surface area contributed by atoms with E-state index < -0.39 is 17.7 Å². The van der Waals surface area contributed by atoms with E-state index in [1.165, 1.54) is 31.8 Å².